The van der Waals surface area contributed by atoms with E-state index in [4.69, 9.17) is 9.47 Å². The van der Waals surface area contributed by atoms with Gasteiger partial charge in [-0.2, -0.15) is 0 Å². The van der Waals surface area contributed by atoms with Crippen LogP contribution in [0.3, 0.4) is 0 Å². The molecule has 0 aliphatic rings. The van der Waals surface area contributed by atoms with Gasteiger partial charge in [0.2, 0.25) is 0 Å². The van der Waals surface area contributed by atoms with Gasteiger partial charge < -0.3 is 14.6 Å². The van der Waals surface area contributed by atoms with Crippen molar-refractivity contribution in [2.24, 2.45) is 0 Å². The molecule has 0 radical (unpaired) electrons. The van der Waals surface area contributed by atoms with Gasteiger partial charge in [0.15, 0.2) is 6.10 Å². The highest BCUT2D eigenvalue weighted by Crippen LogP contribution is 2.14. The SMILES string of the molecule is CCCCCC/C=C\C/C=C\CCCCCCCC(=O)OC(CO)COC(=O)CCCCCCCCCCCCCCC. The van der Waals surface area contributed by atoms with Gasteiger partial charge >= 0.3 is 11.9 Å². The van der Waals surface area contributed by atoms with E-state index < -0.39 is 6.10 Å². The molecule has 1 N–H and O–H groups in total. The smallest absolute Gasteiger partial charge is 0.306 e. The molecule has 1 atom stereocenters. The Morgan fingerprint density at radius 2 is 0.930 bits per heavy atom. The lowest BCUT2D eigenvalue weighted by atomic mass is 10.0. The lowest BCUT2D eigenvalue weighted by molar-refractivity contribution is -0.161. The fraction of sp³-hybridized carbons (Fsp3) is 0.842. The molecule has 0 spiro atoms. The van der Waals surface area contributed by atoms with E-state index in [2.05, 4.69) is 38.2 Å². The molecular formula is C38H70O5. The predicted molar refractivity (Wildman–Crippen MR) is 182 cm³/mol. The van der Waals surface area contributed by atoms with Gasteiger partial charge in [-0.3, -0.25) is 9.59 Å². The molecule has 0 aliphatic carbocycles. The normalized spacial score (nSPS) is 12.3. The van der Waals surface area contributed by atoms with Crippen molar-refractivity contribution in [1.82, 2.24) is 0 Å². The largest absolute Gasteiger partial charge is 0.462 e. The third kappa shape index (κ3) is 33.1. The zero-order valence-electron chi connectivity index (χ0n) is 28.5. The fourth-order valence-electron chi connectivity index (χ4n) is 5.17. The van der Waals surface area contributed by atoms with Crippen LogP contribution in [0.4, 0.5) is 0 Å². The Morgan fingerprint density at radius 1 is 0.535 bits per heavy atom. The van der Waals surface area contributed by atoms with Crippen molar-refractivity contribution in [2.75, 3.05) is 13.2 Å². The molecule has 43 heavy (non-hydrogen) atoms. The van der Waals surface area contributed by atoms with E-state index in [9.17, 15) is 14.7 Å². The summed E-state index contributed by atoms with van der Waals surface area (Å²) in [6, 6.07) is 0. The third-order valence-electron chi connectivity index (χ3n) is 8.00. The minimum absolute atomic E-state index is 0.0677. The number of allylic oxidation sites excluding steroid dienone is 4. The van der Waals surface area contributed by atoms with E-state index in [0.29, 0.717) is 12.8 Å². The predicted octanol–water partition coefficient (Wildman–Crippen LogP) is 11.1. The Balaban J connectivity index is 3.58. The number of rotatable bonds is 33. The summed E-state index contributed by atoms with van der Waals surface area (Å²) in [5.74, 6) is -0.602. The van der Waals surface area contributed by atoms with Crippen LogP contribution in [-0.2, 0) is 19.1 Å². The average molecular weight is 607 g/mol. The lowest BCUT2D eigenvalue weighted by Crippen LogP contribution is -2.28. The maximum Gasteiger partial charge on any atom is 0.306 e. The van der Waals surface area contributed by atoms with Gasteiger partial charge in [-0.15, -0.1) is 0 Å². The summed E-state index contributed by atoms with van der Waals surface area (Å²) in [6.45, 7) is 4.10. The standard InChI is InChI=1S/C38H70O5/c1-3-5-7-9-11-13-15-17-18-19-21-23-25-27-29-31-33-38(41)43-36(34-39)35-42-37(40)32-30-28-26-24-22-20-16-14-12-10-8-6-4-2/h13,15,18-19,36,39H,3-12,14,16-17,20-35H2,1-2H3/b15-13-,19-18-. The monoisotopic (exact) mass is 607 g/mol. The number of aliphatic hydroxyl groups is 1. The Hall–Kier alpha value is -1.62. The molecule has 0 aromatic rings. The van der Waals surface area contributed by atoms with Crippen LogP contribution in [0.25, 0.3) is 0 Å². The summed E-state index contributed by atoms with van der Waals surface area (Å²) in [4.78, 5) is 24.2. The van der Waals surface area contributed by atoms with E-state index in [1.165, 1.54) is 109 Å². The van der Waals surface area contributed by atoms with Crippen molar-refractivity contribution in [1.29, 1.82) is 0 Å². The van der Waals surface area contributed by atoms with Crippen LogP contribution >= 0.6 is 0 Å². The van der Waals surface area contributed by atoms with Crippen LogP contribution in [-0.4, -0.2) is 36.4 Å². The minimum Gasteiger partial charge on any atom is -0.462 e. The van der Waals surface area contributed by atoms with E-state index in [-0.39, 0.29) is 25.2 Å². The zero-order valence-corrected chi connectivity index (χ0v) is 28.5. The van der Waals surface area contributed by atoms with Crippen molar-refractivity contribution in [2.45, 2.75) is 193 Å². The molecule has 0 heterocycles. The van der Waals surface area contributed by atoms with Crippen molar-refractivity contribution < 1.29 is 24.2 Å². The molecule has 0 saturated carbocycles. The van der Waals surface area contributed by atoms with E-state index in [1.807, 2.05) is 0 Å². The highest BCUT2D eigenvalue weighted by atomic mass is 16.6. The summed E-state index contributed by atoms with van der Waals surface area (Å²) in [5, 5.41) is 9.52. The second kappa shape index (κ2) is 34.9. The topological polar surface area (TPSA) is 72.8 Å². The van der Waals surface area contributed by atoms with E-state index in [0.717, 1.165) is 51.4 Å². The molecule has 1 unspecified atom stereocenters. The van der Waals surface area contributed by atoms with Gasteiger partial charge in [-0.25, -0.2) is 0 Å². The average Bonchev–Trinajstić information content (AvgIpc) is 3.01. The van der Waals surface area contributed by atoms with Crippen LogP contribution in [0.2, 0.25) is 0 Å². The first-order chi connectivity index (χ1) is 21.1. The van der Waals surface area contributed by atoms with Gasteiger partial charge in [0.1, 0.15) is 6.61 Å². The molecule has 5 heteroatoms. The molecular weight excluding hydrogens is 536 g/mol. The lowest BCUT2D eigenvalue weighted by Gasteiger charge is -2.15. The first-order valence-corrected chi connectivity index (χ1v) is 18.4. The van der Waals surface area contributed by atoms with Crippen molar-refractivity contribution >= 4 is 11.9 Å². The molecule has 0 bridgehead atoms. The molecule has 0 aromatic carbocycles. The summed E-state index contributed by atoms with van der Waals surface area (Å²) in [7, 11) is 0. The number of carbonyl (C=O) groups excluding carboxylic acids is 2. The van der Waals surface area contributed by atoms with Gasteiger partial charge in [0, 0.05) is 12.8 Å². The number of esters is 2. The molecule has 252 valence electrons. The van der Waals surface area contributed by atoms with Crippen LogP contribution in [0.5, 0.6) is 0 Å². The molecule has 0 fully saturated rings. The maximum absolute atomic E-state index is 12.1. The van der Waals surface area contributed by atoms with Crippen molar-refractivity contribution in [3.8, 4) is 0 Å². The van der Waals surface area contributed by atoms with Crippen LogP contribution < -0.4 is 0 Å². The highest BCUT2D eigenvalue weighted by Gasteiger charge is 2.16. The number of hydrogen-bond acceptors (Lipinski definition) is 5. The zero-order chi connectivity index (χ0) is 31.5. The summed E-state index contributed by atoms with van der Waals surface area (Å²) in [6.07, 6.45) is 39.4. The van der Waals surface area contributed by atoms with Gasteiger partial charge in [0.05, 0.1) is 6.61 Å². The van der Waals surface area contributed by atoms with Crippen molar-refractivity contribution in [3.63, 3.8) is 0 Å². The maximum atomic E-state index is 12.1. The van der Waals surface area contributed by atoms with Crippen LogP contribution in [0.15, 0.2) is 24.3 Å². The Bertz CT molecular complexity index is 657. The number of unbranched alkanes of at least 4 members (excludes halogenated alkanes) is 21. The second-order valence-corrected chi connectivity index (χ2v) is 12.3. The van der Waals surface area contributed by atoms with E-state index in [1.54, 1.807) is 0 Å². The molecule has 5 nitrogen and oxygen atoms in total. The first-order valence-electron chi connectivity index (χ1n) is 18.4. The molecule has 0 saturated heterocycles. The van der Waals surface area contributed by atoms with E-state index >= 15 is 0 Å². The van der Waals surface area contributed by atoms with Gasteiger partial charge in [0.25, 0.3) is 0 Å². The Morgan fingerprint density at radius 3 is 1.40 bits per heavy atom. The highest BCUT2D eigenvalue weighted by molar-refractivity contribution is 5.70. The fourth-order valence-corrected chi connectivity index (χ4v) is 5.17. The van der Waals surface area contributed by atoms with Crippen LogP contribution in [0.1, 0.15) is 187 Å². The molecule has 0 amide bonds. The summed E-state index contributed by atoms with van der Waals surface area (Å²) < 4.78 is 10.6. The second-order valence-electron chi connectivity index (χ2n) is 12.3. The number of carbonyl (C=O) groups is 2. The molecule has 0 aromatic heterocycles. The molecule has 0 rings (SSSR count). The van der Waals surface area contributed by atoms with Gasteiger partial charge in [-0.05, 0) is 44.9 Å². The van der Waals surface area contributed by atoms with Gasteiger partial charge in [-0.1, -0.05) is 154 Å². The number of aliphatic hydroxyl groups excluding tert-OH is 1. The quantitative estimate of drug-likeness (QED) is 0.0457. The Kier molecular flexibility index (Phi) is 33.6. The number of ether oxygens (including phenoxy) is 2. The van der Waals surface area contributed by atoms with Crippen molar-refractivity contribution in [3.05, 3.63) is 24.3 Å². The summed E-state index contributed by atoms with van der Waals surface area (Å²) >= 11 is 0. The Labute approximate surface area is 266 Å². The van der Waals surface area contributed by atoms with Crippen LogP contribution in [0, 0.1) is 0 Å². The summed E-state index contributed by atoms with van der Waals surface area (Å²) in [5.41, 5.74) is 0. The first kappa shape index (κ1) is 41.4. The third-order valence-corrected chi connectivity index (χ3v) is 8.00. The number of hydrogen-bond donors (Lipinski definition) is 1. The minimum atomic E-state index is -0.772. The molecule has 0 aliphatic heterocycles.